The van der Waals surface area contributed by atoms with E-state index in [0.29, 0.717) is 13.1 Å². The van der Waals surface area contributed by atoms with Gasteiger partial charge in [0.1, 0.15) is 6.29 Å². The highest BCUT2D eigenvalue weighted by atomic mass is 32.2. The Morgan fingerprint density at radius 2 is 1.48 bits per heavy atom. The number of carboxylic acid groups (broad SMARTS) is 1. The predicted octanol–water partition coefficient (Wildman–Crippen LogP) is 3.69. The molecule has 0 atom stereocenters. The number of sulfonamides is 1. The Bertz CT molecular complexity index is 811. The maximum absolute atomic E-state index is 12.4. The van der Waals surface area contributed by atoms with E-state index in [-0.39, 0.29) is 10.5 Å². The Balaban J connectivity index is 0.000000377. The van der Waals surface area contributed by atoms with E-state index in [2.05, 4.69) is 0 Å². The van der Waals surface area contributed by atoms with Crippen LogP contribution in [-0.2, 0) is 10.0 Å². The van der Waals surface area contributed by atoms with Gasteiger partial charge in [0, 0.05) is 18.7 Å². The van der Waals surface area contributed by atoms with Crippen molar-refractivity contribution in [2.75, 3.05) is 13.1 Å². The molecule has 146 valence electrons. The highest BCUT2D eigenvalue weighted by Crippen LogP contribution is 2.17. The van der Waals surface area contributed by atoms with Crippen LogP contribution in [-0.4, -0.2) is 43.2 Å². The lowest BCUT2D eigenvalue weighted by molar-refractivity contribution is 0.0696. The highest BCUT2D eigenvalue weighted by molar-refractivity contribution is 7.89. The van der Waals surface area contributed by atoms with E-state index in [0.717, 1.165) is 24.7 Å². The molecule has 0 unspecified atom stereocenters. The molecule has 0 saturated heterocycles. The molecule has 0 radical (unpaired) electrons. The van der Waals surface area contributed by atoms with Gasteiger partial charge in [0.25, 0.3) is 0 Å². The van der Waals surface area contributed by atoms with Crippen molar-refractivity contribution >= 4 is 22.3 Å². The van der Waals surface area contributed by atoms with Crippen molar-refractivity contribution < 1.29 is 23.1 Å². The number of carbonyl (C=O) groups excluding carboxylic acids is 1. The summed E-state index contributed by atoms with van der Waals surface area (Å²) < 4.78 is 26.2. The molecule has 0 aliphatic carbocycles. The number of hydrogen-bond donors (Lipinski definition) is 1. The molecule has 6 nitrogen and oxygen atoms in total. The summed E-state index contributed by atoms with van der Waals surface area (Å²) in [6.45, 7) is 4.78. The summed E-state index contributed by atoms with van der Waals surface area (Å²) in [7, 11) is -3.53. The van der Waals surface area contributed by atoms with E-state index in [9.17, 15) is 18.0 Å². The van der Waals surface area contributed by atoms with Crippen molar-refractivity contribution in [2.45, 2.75) is 31.6 Å². The lowest BCUT2D eigenvalue weighted by Crippen LogP contribution is -2.32. The summed E-state index contributed by atoms with van der Waals surface area (Å²) in [6, 6.07) is 14.4. The summed E-state index contributed by atoms with van der Waals surface area (Å²) in [5.74, 6) is -1.07. The van der Waals surface area contributed by atoms with E-state index < -0.39 is 16.0 Å². The predicted molar refractivity (Wildman–Crippen MR) is 105 cm³/mol. The normalized spacial score (nSPS) is 10.8. The summed E-state index contributed by atoms with van der Waals surface area (Å²) in [6.07, 6.45) is 2.32. The third-order valence-corrected chi connectivity index (χ3v) is 5.53. The Labute approximate surface area is 160 Å². The van der Waals surface area contributed by atoms with Gasteiger partial charge in [-0.3, -0.25) is 4.79 Å². The Morgan fingerprint density at radius 3 is 1.85 bits per heavy atom. The van der Waals surface area contributed by atoms with E-state index in [1.54, 1.807) is 12.1 Å². The first kappa shape index (κ1) is 22.5. The van der Waals surface area contributed by atoms with Crippen LogP contribution in [0.15, 0.2) is 59.5 Å². The van der Waals surface area contributed by atoms with Crippen LogP contribution in [0, 0.1) is 0 Å². The molecule has 0 aliphatic heterocycles. The van der Waals surface area contributed by atoms with Crippen LogP contribution in [0.3, 0.4) is 0 Å². The van der Waals surface area contributed by atoms with Gasteiger partial charge < -0.3 is 5.11 Å². The minimum Gasteiger partial charge on any atom is -0.478 e. The third-order valence-electron chi connectivity index (χ3n) is 3.62. The number of benzene rings is 2. The van der Waals surface area contributed by atoms with Crippen LogP contribution in [0.4, 0.5) is 0 Å². The average Bonchev–Trinajstić information content (AvgIpc) is 2.69. The van der Waals surface area contributed by atoms with Crippen molar-refractivity contribution in [3.05, 3.63) is 65.7 Å². The van der Waals surface area contributed by atoms with Crippen molar-refractivity contribution in [1.82, 2.24) is 4.31 Å². The monoisotopic (exact) mass is 391 g/mol. The lowest BCUT2D eigenvalue weighted by Gasteiger charge is -2.20. The number of rotatable bonds is 8. The van der Waals surface area contributed by atoms with Crippen molar-refractivity contribution in [2.24, 2.45) is 0 Å². The molecule has 0 aliphatic rings. The fourth-order valence-electron chi connectivity index (χ4n) is 2.30. The number of aldehydes is 1. The minimum atomic E-state index is -3.53. The SMILES string of the molecule is CCCN(CCC)S(=O)(=O)c1ccc(C(=O)O)cc1.O=Cc1ccccc1. The first-order valence-electron chi connectivity index (χ1n) is 8.70. The fraction of sp³-hybridized carbons (Fsp3) is 0.300. The van der Waals surface area contributed by atoms with Crippen LogP contribution in [0.1, 0.15) is 47.4 Å². The van der Waals surface area contributed by atoms with Crippen molar-refractivity contribution in [3.8, 4) is 0 Å². The second kappa shape index (κ2) is 11.3. The number of nitrogens with zero attached hydrogens (tertiary/aromatic N) is 1. The van der Waals surface area contributed by atoms with Gasteiger partial charge in [-0.05, 0) is 37.1 Å². The molecule has 2 aromatic rings. The van der Waals surface area contributed by atoms with Crippen LogP contribution >= 0.6 is 0 Å². The summed E-state index contributed by atoms with van der Waals surface area (Å²) >= 11 is 0. The van der Waals surface area contributed by atoms with Gasteiger partial charge in [0.15, 0.2) is 0 Å². The molecular formula is C20H25NO5S. The number of hydrogen-bond acceptors (Lipinski definition) is 4. The van der Waals surface area contributed by atoms with Crippen LogP contribution in [0.25, 0.3) is 0 Å². The first-order valence-corrected chi connectivity index (χ1v) is 10.1. The van der Waals surface area contributed by atoms with Crippen LogP contribution in [0.5, 0.6) is 0 Å². The zero-order valence-electron chi connectivity index (χ0n) is 15.5. The molecule has 2 rings (SSSR count). The zero-order valence-corrected chi connectivity index (χ0v) is 16.4. The van der Waals surface area contributed by atoms with E-state index in [4.69, 9.17) is 5.11 Å². The number of aromatic carboxylic acids is 1. The molecule has 7 heteroatoms. The topological polar surface area (TPSA) is 91.8 Å². The summed E-state index contributed by atoms with van der Waals surface area (Å²) in [4.78, 5) is 20.9. The molecule has 1 N–H and O–H groups in total. The van der Waals surface area contributed by atoms with Crippen molar-refractivity contribution in [3.63, 3.8) is 0 Å². The highest BCUT2D eigenvalue weighted by Gasteiger charge is 2.23. The fourth-order valence-corrected chi connectivity index (χ4v) is 3.93. The second-order valence-electron chi connectivity index (χ2n) is 5.76. The van der Waals surface area contributed by atoms with E-state index in [1.807, 2.05) is 32.0 Å². The van der Waals surface area contributed by atoms with Crippen LogP contribution < -0.4 is 0 Å². The Kier molecular flexibility index (Phi) is 9.39. The van der Waals surface area contributed by atoms with Gasteiger partial charge in [0.2, 0.25) is 10.0 Å². The lowest BCUT2D eigenvalue weighted by atomic mass is 10.2. The van der Waals surface area contributed by atoms with Gasteiger partial charge in [-0.25, -0.2) is 13.2 Å². The summed E-state index contributed by atoms with van der Waals surface area (Å²) in [5, 5.41) is 8.80. The quantitative estimate of drug-likeness (QED) is 0.693. The van der Waals surface area contributed by atoms with Gasteiger partial charge in [0.05, 0.1) is 10.5 Å². The molecule has 27 heavy (non-hydrogen) atoms. The average molecular weight is 391 g/mol. The molecule has 0 aromatic heterocycles. The van der Waals surface area contributed by atoms with Crippen LogP contribution in [0.2, 0.25) is 0 Å². The molecule has 0 spiro atoms. The van der Waals surface area contributed by atoms with Gasteiger partial charge in [-0.1, -0.05) is 44.2 Å². The molecule has 0 fully saturated rings. The molecule has 0 amide bonds. The standard InChI is InChI=1S/C13H19NO4S.C7H6O/c1-3-9-14(10-4-2)19(17,18)12-7-5-11(6-8-12)13(15)16;8-6-7-4-2-1-3-5-7/h5-8H,3-4,9-10H2,1-2H3,(H,15,16);1-6H. The van der Waals surface area contributed by atoms with E-state index in [1.165, 1.54) is 28.6 Å². The minimum absolute atomic E-state index is 0.0801. The second-order valence-corrected chi connectivity index (χ2v) is 7.70. The Morgan fingerprint density at radius 1 is 0.963 bits per heavy atom. The molecule has 0 bridgehead atoms. The number of carboxylic acids is 1. The first-order chi connectivity index (χ1) is 12.9. The Hall–Kier alpha value is -2.51. The molecule has 0 heterocycles. The molecule has 0 saturated carbocycles. The van der Waals surface area contributed by atoms with Gasteiger partial charge >= 0.3 is 5.97 Å². The maximum Gasteiger partial charge on any atom is 0.335 e. The number of carbonyl (C=O) groups is 2. The van der Waals surface area contributed by atoms with E-state index >= 15 is 0 Å². The van der Waals surface area contributed by atoms with Gasteiger partial charge in [-0.15, -0.1) is 0 Å². The largest absolute Gasteiger partial charge is 0.478 e. The zero-order chi connectivity index (χ0) is 20.3. The smallest absolute Gasteiger partial charge is 0.335 e. The van der Waals surface area contributed by atoms with Gasteiger partial charge in [-0.2, -0.15) is 4.31 Å². The molecule has 2 aromatic carbocycles. The third kappa shape index (κ3) is 6.96. The maximum atomic E-state index is 12.4. The molecular weight excluding hydrogens is 366 g/mol. The van der Waals surface area contributed by atoms with Crippen molar-refractivity contribution in [1.29, 1.82) is 0 Å². The summed E-state index contributed by atoms with van der Waals surface area (Å²) in [5.41, 5.74) is 0.809.